The first-order valence-electron chi connectivity index (χ1n) is 15.9. The Balaban J connectivity index is 1.71. The van der Waals surface area contributed by atoms with Gasteiger partial charge in [0.15, 0.2) is 22.8 Å². The van der Waals surface area contributed by atoms with Crippen LogP contribution in [0, 0.1) is 11.8 Å². The lowest BCUT2D eigenvalue weighted by molar-refractivity contribution is -0.171. The van der Waals surface area contributed by atoms with Crippen LogP contribution in [0.15, 0.2) is 58.2 Å². The fraction of sp³-hybridized carbons (Fsp3) is 0.526. The first-order valence-corrected chi connectivity index (χ1v) is 15.9. The molecule has 1 spiro atoms. The lowest BCUT2D eigenvalue weighted by Crippen LogP contribution is -2.72. The molecule has 6 heteroatoms. The van der Waals surface area contributed by atoms with Gasteiger partial charge in [-0.05, 0) is 94.4 Å². The summed E-state index contributed by atoms with van der Waals surface area (Å²) in [5, 5.41) is 23.5. The first-order chi connectivity index (χ1) is 20.6. The number of hydrogen-bond acceptors (Lipinski definition) is 6. The Hall–Kier alpha value is -3.38. The molecule has 2 unspecified atom stereocenters. The van der Waals surface area contributed by atoms with Crippen LogP contribution in [-0.2, 0) is 22.4 Å². The van der Waals surface area contributed by atoms with Gasteiger partial charge in [-0.1, -0.05) is 52.7 Å². The second kappa shape index (κ2) is 11.2. The summed E-state index contributed by atoms with van der Waals surface area (Å²) in [6.45, 7) is 18.0. The SMILES string of the molecule is CC(C)=CCC/C(C)=C/Cc1c(O)c(CC=C(C)C)c2c(c1O)C(=O)C1=CC3CC4C(C)(C)O[C@@](CC=C(C)C)(C3=O)[C@@]14O2. The number of carbonyl (C=O) groups excluding carboxylic acids is 2. The van der Waals surface area contributed by atoms with Crippen LogP contribution < -0.4 is 4.74 Å². The van der Waals surface area contributed by atoms with E-state index in [0.29, 0.717) is 29.5 Å². The monoisotopic (exact) mass is 600 g/mol. The van der Waals surface area contributed by atoms with Crippen molar-refractivity contribution in [2.75, 3.05) is 0 Å². The second-order valence-corrected chi connectivity index (χ2v) is 14.4. The molecule has 6 rings (SSSR count). The highest BCUT2D eigenvalue weighted by Crippen LogP contribution is 2.68. The molecule has 2 heterocycles. The third-order valence-electron chi connectivity index (χ3n) is 9.95. The molecular weight excluding hydrogens is 552 g/mol. The second-order valence-electron chi connectivity index (χ2n) is 14.4. The van der Waals surface area contributed by atoms with Crippen molar-refractivity contribution in [3.05, 3.63) is 74.9 Å². The lowest BCUT2D eigenvalue weighted by Gasteiger charge is -2.56. The van der Waals surface area contributed by atoms with E-state index in [4.69, 9.17) is 9.47 Å². The first kappa shape index (κ1) is 32.0. The van der Waals surface area contributed by atoms with Crippen LogP contribution >= 0.6 is 0 Å². The Morgan fingerprint density at radius 2 is 1.52 bits per heavy atom. The zero-order chi connectivity index (χ0) is 32.4. The van der Waals surface area contributed by atoms with Crippen LogP contribution in [0.4, 0.5) is 0 Å². The maximum atomic E-state index is 14.7. The predicted octanol–water partition coefficient (Wildman–Crippen LogP) is 8.20. The van der Waals surface area contributed by atoms with E-state index in [9.17, 15) is 19.8 Å². The average molecular weight is 601 g/mol. The largest absolute Gasteiger partial charge is 0.507 e. The molecule has 0 amide bonds. The summed E-state index contributed by atoms with van der Waals surface area (Å²) in [5.41, 5.74) is 2.21. The normalized spacial score (nSPS) is 27.7. The quantitative estimate of drug-likeness (QED) is 0.278. The number of carbonyl (C=O) groups is 2. The van der Waals surface area contributed by atoms with Crippen molar-refractivity contribution in [3.63, 3.8) is 0 Å². The highest BCUT2D eigenvalue weighted by atomic mass is 16.6. The summed E-state index contributed by atoms with van der Waals surface area (Å²) in [4.78, 5) is 28.8. The molecule has 3 aliphatic carbocycles. The minimum absolute atomic E-state index is 0.0667. The molecule has 1 aromatic carbocycles. The topological polar surface area (TPSA) is 93.1 Å². The minimum Gasteiger partial charge on any atom is -0.507 e. The van der Waals surface area contributed by atoms with Crippen molar-refractivity contribution in [3.8, 4) is 17.2 Å². The number of rotatable bonds is 9. The van der Waals surface area contributed by atoms with Gasteiger partial charge in [-0.2, -0.15) is 0 Å². The van der Waals surface area contributed by atoms with Crippen LogP contribution in [0.25, 0.3) is 0 Å². The Morgan fingerprint density at radius 1 is 0.886 bits per heavy atom. The van der Waals surface area contributed by atoms with Crippen LogP contribution in [0.3, 0.4) is 0 Å². The molecule has 2 fully saturated rings. The zero-order valence-corrected chi connectivity index (χ0v) is 27.8. The molecule has 4 bridgehead atoms. The van der Waals surface area contributed by atoms with Crippen LogP contribution in [0.1, 0.15) is 109 Å². The van der Waals surface area contributed by atoms with Crippen molar-refractivity contribution in [1.29, 1.82) is 0 Å². The molecule has 1 saturated heterocycles. The maximum absolute atomic E-state index is 14.7. The summed E-state index contributed by atoms with van der Waals surface area (Å²) in [6.07, 6.45) is 13.1. The summed E-state index contributed by atoms with van der Waals surface area (Å²) in [6, 6.07) is 0. The molecule has 0 aromatic heterocycles. The third kappa shape index (κ3) is 4.81. The average Bonchev–Trinajstić information content (AvgIpc) is 3.08. The molecule has 1 saturated carbocycles. The van der Waals surface area contributed by atoms with Crippen molar-refractivity contribution in [2.24, 2.45) is 11.8 Å². The van der Waals surface area contributed by atoms with Gasteiger partial charge in [0.1, 0.15) is 22.8 Å². The number of allylic oxidation sites excluding steroid dienone is 8. The summed E-state index contributed by atoms with van der Waals surface area (Å²) < 4.78 is 13.8. The number of Topliss-reactive ketones (excluding diaryl/α,β-unsaturated/α-hetero) is 2. The van der Waals surface area contributed by atoms with Gasteiger partial charge in [-0.3, -0.25) is 9.59 Å². The van der Waals surface area contributed by atoms with Gasteiger partial charge in [-0.25, -0.2) is 0 Å². The van der Waals surface area contributed by atoms with Crippen LogP contribution in [-0.4, -0.2) is 38.6 Å². The van der Waals surface area contributed by atoms with E-state index in [1.165, 1.54) is 5.57 Å². The highest BCUT2D eigenvalue weighted by molar-refractivity contribution is 6.18. The number of benzene rings is 1. The van der Waals surface area contributed by atoms with Gasteiger partial charge < -0.3 is 19.7 Å². The summed E-state index contributed by atoms with van der Waals surface area (Å²) in [5.74, 6) is -1.33. The molecule has 2 N–H and O–H groups in total. The van der Waals surface area contributed by atoms with Gasteiger partial charge in [0.2, 0.25) is 0 Å². The Bertz CT molecular complexity index is 1570. The number of ketones is 2. The number of phenols is 2. The van der Waals surface area contributed by atoms with E-state index in [0.717, 1.165) is 29.6 Å². The Morgan fingerprint density at radius 3 is 2.16 bits per heavy atom. The van der Waals surface area contributed by atoms with Crippen molar-refractivity contribution >= 4 is 11.6 Å². The number of fused-ring (bicyclic) bond motifs is 1. The van der Waals surface area contributed by atoms with E-state index >= 15 is 0 Å². The molecule has 44 heavy (non-hydrogen) atoms. The molecular formula is C38H48O6. The lowest BCUT2D eigenvalue weighted by atomic mass is 9.51. The molecule has 4 atom stereocenters. The number of ether oxygens (including phenoxy) is 2. The van der Waals surface area contributed by atoms with E-state index in [1.54, 1.807) is 6.08 Å². The van der Waals surface area contributed by atoms with Crippen molar-refractivity contribution < 1.29 is 29.3 Å². The smallest absolute Gasteiger partial charge is 0.200 e. The van der Waals surface area contributed by atoms with Crippen LogP contribution in [0.2, 0.25) is 0 Å². The van der Waals surface area contributed by atoms with Gasteiger partial charge >= 0.3 is 0 Å². The minimum atomic E-state index is -1.39. The number of aromatic hydroxyl groups is 2. The molecule has 5 aliphatic rings. The molecule has 0 radical (unpaired) electrons. The number of phenolic OH excluding ortho intramolecular Hbond substituents is 2. The maximum Gasteiger partial charge on any atom is 0.200 e. The van der Waals surface area contributed by atoms with E-state index in [1.807, 2.05) is 66.7 Å². The van der Waals surface area contributed by atoms with E-state index in [2.05, 4.69) is 19.9 Å². The highest BCUT2D eigenvalue weighted by Gasteiger charge is 2.81. The molecule has 6 nitrogen and oxygen atoms in total. The van der Waals surface area contributed by atoms with Gasteiger partial charge in [0.05, 0.1) is 5.60 Å². The molecule has 236 valence electrons. The summed E-state index contributed by atoms with van der Waals surface area (Å²) in [7, 11) is 0. The van der Waals surface area contributed by atoms with Gasteiger partial charge in [-0.15, -0.1) is 0 Å². The van der Waals surface area contributed by atoms with E-state index in [-0.39, 0.29) is 53.1 Å². The molecule has 1 aromatic rings. The van der Waals surface area contributed by atoms with Gasteiger partial charge in [0, 0.05) is 35.0 Å². The Labute approximate surface area is 262 Å². The molecule has 2 aliphatic heterocycles. The summed E-state index contributed by atoms with van der Waals surface area (Å²) >= 11 is 0. The number of hydrogen-bond donors (Lipinski definition) is 2. The Kier molecular flexibility index (Phi) is 8.16. The van der Waals surface area contributed by atoms with Gasteiger partial charge in [0.25, 0.3) is 0 Å². The van der Waals surface area contributed by atoms with Crippen molar-refractivity contribution in [2.45, 2.75) is 118 Å². The fourth-order valence-electron chi connectivity index (χ4n) is 7.76. The van der Waals surface area contributed by atoms with E-state index < -0.39 is 22.7 Å². The van der Waals surface area contributed by atoms with Crippen molar-refractivity contribution in [1.82, 2.24) is 0 Å². The predicted molar refractivity (Wildman–Crippen MR) is 173 cm³/mol. The third-order valence-corrected chi connectivity index (χ3v) is 9.95. The standard InChI is InChI=1S/C38H48O6/c1-21(2)11-10-12-24(7)14-16-26-31(39)27(15-13-22(3)4)34-30(32(26)40)33(41)28-19-25-20-29-36(8,9)44-37(35(25)42,18-17-23(5)6)38(28,29)43-34/h11,13-14,17,19,25,29,39-40H,10,12,15-16,18,20H2,1-9H3/b24-14+/t25?,29?,37-,38+/m0/s1. The fourth-order valence-corrected chi connectivity index (χ4v) is 7.76. The zero-order valence-electron chi connectivity index (χ0n) is 27.8. The van der Waals surface area contributed by atoms with Crippen LogP contribution in [0.5, 0.6) is 17.2 Å².